The molecule has 0 aliphatic carbocycles. The number of nitrogens with one attached hydrogen (secondary N) is 1. The first-order valence-electron chi connectivity index (χ1n) is 4.91. The zero-order valence-electron chi connectivity index (χ0n) is 8.63. The third kappa shape index (κ3) is 3.79. The first-order chi connectivity index (χ1) is 7.13. The van der Waals surface area contributed by atoms with E-state index in [1.165, 1.54) is 0 Å². The van der Waals surface area contributed by atoms with Gasteiger partial charge in [0.15, 0.2) is 11.6 Å². The summed E-state index contributed by atoms with van der Waals surface area (Å²) in [5.74, 6) is -1.26. The highest BCUT2D eigenvalue weighted by Crippen LogP contribution is 2.13. The van der Waals surface area contributed by atoms with Crippen molar-refractivity contribution < 1.29 is 8.78 Å². The second-order valence-electron chi connectivity index (χ2n) is 3.46. The van der Waals surface area contributed by atoms with Crippen LogP contribution in [0.25, 0.3) is 0 Å². The van der Waals surface area contributed by atoms with E-state index in [-0.39, 0.29) is 11.9 Å². The van der Waals surface area contributed by atoms with Crippen molar-refractivity contribution >= 4 is 5.82 Å². The van der Waals surface area contributed by atoms with Crippen molar-refractivity contribution in [3.8, 4) is 0 Å². The van der Waals surface area contributed by atoms with E-state index >= 15 is 0 Å². The Bertz CT molecular complexity index is 318. The van der Waals surface area contributed by atoms with E-state index in [1.54, 1.807) is 0 Å². The summed E-state index contributed by atoms with van der Waals surface area (Å²) in [7, 11) is 0. The predicted octanol–water partition coefficient (Wildman–Crippen LogP) is 1.90. The Morgan fingerprint density at radius 2 is 2.27 bits per heavy atom. The maximum atomic E-state index is 13.1. The molecule has 1 unspecified atom stereocenters. The van der Waals surface area contributed by atoms with Crippen molar-refractivity contribution in [2.24, 2.45) is 5.73 Å². The second-order valence-corrected chi connectivity index (χ2v) is 3.46. The minimum Gasteiger partial charge on any atom is -0.365 e. The van der Waals surface area contributed by atoms with Crippen molar-refractivity contribution in [2.75, 3.05) is 11.9 Å². The third-order valence-corrected chi connectivity index (χ3v) is 2.03. The van der Waals surface area contributed by atoms with Crippen LogP contribution < -0.4 is 11.1 Å². The Morgan fingerprint density at radius 1 is 1.53 bits per heavy atom. The highest BCUT2D eigenvalue weighted by atomic mass is 19.1. The molecule has 0 aliphatic heterocycles. The molecule has 3 nitrogen and oxygen atoms in total. The lowest BCUT2D eigenvalue weighted by atomic mass is 10.2. The maximum Gasteiger partial charge on any atom is 0.168 e. The van der Waals surface area contributed by atoms with Gasteiger partial charge in [0.1, 0.15) is 5.82 Å². The van der Waals surface area contributed by atoms with Gasteiger partial charge in [0.25, 0.3) is 0 Å². The summed E-state index contributed by atoms with van der Waals surface area (Å²) in [6, 6.07) is 0.881. The summed E-state index contributed by atoms with van der Waals surface area (Å²) in [6.45, 7) is 2.51. The highest BCUT2D eigenvalue weighted by molar-refractivity contribution is 5.36. The van der Waals surface area contributed by atoms with Gasteiger partial charge >= 0.3 is 0 Å². The lowest BCUT2D eigenvalue weighted by molar-refractivity contribution is 0.570. The molecule has 0 saturated carbocycles. The molecule has 84 valence electrons. The second kappa shape index (κ2) is 5.60. The maximum absolute atomic E-state index is 13.1. The monoisotopic (exact) mass is 215 g/mol. The summed E-state index contributed by atoms with van der Waals surface area (Å²) < 4.78 is 25.7. The van der Waals surface area contributed by atoms with Crippen molar-refractivity contribution in [3.05, 3.63) is 23.9 Å². The number of aromatic nitrogens is 1. The van der Waals surface area contributed by atoms with Crippen molar-refractivity contribution in [2.45, 2.75) is 25.8 Å². The molecular weight excluding hydrogens is 200 g/mol. The molecule has 1 atom stereocenters. The number of nitrogens with zero attached hydrogens (tertiary/aromatic N) is 1. The van der Waals surface area contributed by atoms with E-state index in [0.717, 1.165) is 25.1 Å². The van der Waals surface area contributed by atoms with Gasteiger partial charge in [0, 0.05) is 12.1 Å². The number of pyridine rings is 1. The largest absolute Gasteiger partial charge is 0.365 e. The molecule has 1 aromatic heterocycles. The lowest BCUT2D eigenvalue weighted by Gasteiger charge is -2.14. The number of rotatable bonds is 5. The minimum atomic E-state index is -0.673. The van der Waals surface area contributed by atoms with Gasteiger partial charge in [-0.15, -0.1) is 0 Å². The van der Waals surface area contributed by atoms with Gasteiger partial charge in [-0.1, -0.05) is 0 Å². The van der Waals surface area contributed by atoms with Crippen LogP contribution in [0.1, 0.15) is 19.8 Å². The van der Waals surface area contributed by atoms with E-state index < -0.39 is 11.6 Å². The fourth-order valence-corrected chi connectivity index (χ4v) is 1.25. The summed E-state index contributed by atoms with van der Waals surface area (Å²) in [5.41, 5.74) is 5.35. The molecule has 0 spiro atoms. The van der Waals surface area contributed by atoms with Gasteiger partial charge in [-0.05, 0) is 26.3 Å². The predicted molar refractivity (Wildman–Crippen MR) is 55.5 cm³/mol. The third-order valence-electron chi connectivity index (χ3n) is 2.03. The fraction of sp³-hybridized carbons (Fsp3) is 0.500. The van der Waals surface area contributed by atoms with Gasteiger partial charge in [0.05, 0.1) is 6.20 Å². The molecule has 0 fully saturated rings. The molecule has 5 heteroatoms. The highest BCUT2D eigenvalue weighted by Gasteiger charge is 2.08. The van der Waals surface area contributed by atoms with Crippen LogP contribution in [0.2, 0.25) is 0 Å². The van der Waals surface area contributed by atoms with E-state index in [9.17, 15) is 8.78 Å². The standard InChI is InChI=1S/C10H15F2N3/c1-7(3-2-4-13)15-10-9(12)5-8(11)6-14-10/h5-7H,2-4,13H2,1H3,(H,14,15). The topological polar surface area (TPSA) is 50.9 Å². The molecule has 1 aromatic rings. The molecule has 0 bridgehead atoms. The average Bonchev–Trinajstić information content (AvgIpc) is 2.19. The van der Waals surface area contributed by atoms with Crippen LogP contribution in [-0.2, 0) is 0 Å². The van der Waals surface area contributed by atoms with E-state index in [2.05, 4.69) is 10.3 Å². The molecule has 1 heterocycles. The van der Waals surface area contributed by atoms with E-state index in [1.807, 2.05) is 6.92 Å². The summed E-state index contributed by atoms with van der Waals surface area (Å²) >= 11 is 0. The van der Waals surface area contributed by atoms with Gasteiger partial charge in [0.2, 0.25) is 0 Å². The lowest BCUT2D eigenvalue weighted by Crippen LogP contribution is -2.18. The Morgan fingerprint density at radius 3 is 2.87 bits per heavy atom. The van der Waals surface area contributed by atoms with Crippen LogP contribution in [0.15, 0.2) is 12.3 Å². The van der Waals surface area contributed by atoms with Crippen LogP contribution in [0.3, 0.4) is 0 Å². The first kappa shape index (κ1) is 11.8. The number of nitrogens with two attached hydrogens (primary N) is 1. The number of anilines is 1. The molecule has 0 aliphatic rings. The zero-order valence-corrected chi connectivity index (χ0v) is 8.63. The normalized spacial score (nSPS) is 12.5. The molecule has 0 aromatic carbocycles. The first-order valence-corrected chi connectivity index (χ1v) is 4.91. The average molecular weight is 215 g/mol. The van der Waals surface area contributed by atoms with Crippen LogP contribution in [0.4, 0.5) is 14.6 Å². The van der Waals surface area contributed by atoms with Crippen molar-refractivity contribution in [1.29, 1.82) is 0 Å². The fourth-order valence-electron chi connectivity index (χ4n) is 1.25. The van der Waals surface area contributed by atoms with Crippen LogP contribution in [-0.4, -0.2) is 17.6 Å². The smallest absolute Gasteiger partial charge is 0.168 e. The van der Waals surface area contributed by atoms with Gasteiger partial charge in [-0.25, -0.2) is 13.8 Å². The zero-order chi connectivity index (χ0) is 11.3. The van der Waals surface area contributed by atoms with Crippen LogP contribution in [0.5, 0.6) is 0 Å². The summed E-state index contributed by atoms with van der Waals surface area (Å²) in [4.78, 5) is 3.63. The molecule has 3 N–H and O–H groups in total. The number of hydrogen-bond donors (Lipinski definition) is 2. The Labute approximate surface area is 87.7 Å². The summed E-state index contributed by atoms with van der Waals surface area (Å²) in [5, 5.41) is 2.86. The number of halogens is 2. The Balaban J connectivity index is 2.56. The Hall–Kier alpha value is -1.23. The molecule has 0 radical (unpaired) electrons. The molecule has 15 heavy (non-hydrogen) atoms. The minimum absolute atomic E-state index is 0.0704. The molecule has 0 amide bonds. The van der Waals surface area contributed by atoms with Crippen molar-refractivity contribution in [1.82, 2.24) is 4.98 Å². The Kier molecular flexibility index (Phi) is 4.42. The number of hydrogen-bond acceptors (Lipinski definition) is 3. The molecule has 1 rings (SSSR count). The van der Waals surface area contributed by atoms with Gasteiger partial charge < -0.3 is 11.1 Å². The summed E-state index contributed by atoms with van der Waals surface area (Å²) in [6.07, 6.45) is 2.67. The quantitative estimate of drug-likeness (QED) is 0.788. The van der Waals surface area contributed by atoms with Crippen molar-refractivity contribution in [3.63, 3.8) is 0 Å². The molecule has 0 saturated heterocycles. The van der Waals surface area contributed by atoms with Crippen LogP contribution >= 0.6 is 0 Å². The molecular formula is C10H15F2N3. The SMILES string of the molecule is CC(CCCN)Nc1ncc(F)cc1F. The van der Waals surface area contributed by atoms with E-state index in [0.29, 0.717) is 6.54 Å². The van der Waals surface area contributed by atoms with Gasteiger partial charge in [-0.2, -0.15) is 0 Å². The van der Waals surface area contributed by atoms with Crippen LogP contribution in [0, 0.1) is 11.6 Å². The van der Waals surface area contributed by atoms with Gasteiger partial charge in [-0.3, -0.25) is 0 Å². The van der Waals surface area contributed by atoms with E-state index in [4.69, 9.17) is 5.73 Å².